The topological polar surface area (TPSA) is 83.1 Å². The molecule has 0 radical (unpaired) electrons. The van der Waals surface area contributed by atoms with Crippen molar-refractivity contribution in [3.05, 3.63) is 69.6 Å². The van der Waals surface area contributed by atoms with Crippen molar-refractivity contribution in [3.8, 4) is 17.0 Å². The molecule has 24 heavy (non-hydrogen) atoms. The maximum Gasteiger partial charge on any atom is 0.307 e. The zero-order valence-corrected chi connectivity index (χ0v) is 13.5. The van der Waals surface area contributed by atoms with Crippen molar-refractivity contribution in [1.29, 1.82) is 0 Å². The third-order valence-electron chi connectivity index (χ3n) is 3.41. The van der Waals surface area contributed by atoms with Crippen molar-refractivity contribution >= 4 is 17.3 Å². The van der Waals surface area contributed by atoms with Gasteiger partial charge in [0.1, 0.15) is 12.4 Å². The van der Waals surface area contributed by atoms with E-state index >= 15 is 0 Å². The minimum absolute atomic E-state index is 0.0495. The molecule has 0 saturated heterocycles. The molecule has 0 atom stereocenters. The molecule has 2 aromatic heterocycles. The number of hydrogen-bond donors (Lipinski definition) is 0. The first-order valence-corrected chi connectivity index (χ1v) is 7.40. The van der Waals surface area contributed by atoms with Gasteiger partial charge < -0.3 is 4.74 Å². The summed E-state index contributed by atoms with van der Waals surface area (Å²) in [5, 5.41) is 15.3. The summed E-state index contributed by atoms with van der Waals surface area (Å²) in [6, 6.07) is 9.28. The van der Waals surface area contributed by atoms with Crippen LogP contribution in [-0.2, 0) is 6.54 Å². The number of nitrogens with zero attached hydrogens (tertiary/aromatic N) is 4. The summed E-state index contributed by atoms with van der Waals surface area (Å²) >= 11 is 6.05. The molecule has 3 rings (SSSR count). The lowest BCUT2D eigenvalue weighted by Crippen LogP contribution is -2.02. The summed E-state index contributed by atoms with van der Waals surface area (Å²) in [5.41, 5.74) is 2.45. The first kappa shape index (κ1) is 15.9. The molecule has 2 heterocycles. The molecule has 0 aliphatic carbocycles. The fourth-order valence-corrected chi connectivity index (χ4v) is 2.52. The second-order valence-corrected chi connectivity index (χ2v) is 5.50. The van der Waals surface area contributed by atoms with E-state index < -0.39 is 4.92 Å². The molecule has 0 aliphatic rings. The van der Waals surface area contributed by atoms with Crippen LogP contribution in [0, 0.1) is 10.1 Å². The van der Waals surface area contributed by atoms with Crippen LogP contribution in [0.25, 0.3) is 11.1 Å². The predicted octanol–water partition coefficient (Wildman–Crippen LogP) is 3.56. The fourth-order valence-electron chi connectivity index (χ4n) is 2.33. The first-order chi connectivity index (χ1) is 11.6. The van der Waals surface area contributed by atoms with E-state index in [-0.39, 0.29) is 5.69 Å². The van der Waals surface area contributed by atoms with Gasteiger partial charge in [-0.25, -0.2) is 4.98 Å². The molecule has 0 fully saturated rings. The van der Waals surface area contributed by atoms with E-state index in [4.69, 9.17) is 16.3 Å². The number of halogens is 1. The monoisotopic (exact) mass is 344 g/mol. The molecule has 0 N–H and O–H groups in total. The molecule has 0 aliphatic heterocycles. The first-order valence-electron chi connectivity index (χ1n) is 7.02. The van der Waals surface area contributed by atoms with Crippen molar-refractivity contribution in [1.82, 2.24) is 14.8 Å². The van der Waals surface area contributed by atoms with Gasteiger partial charge in [0.25, 0.3) is 0 Å². The number of methoxy groups -OCH3 is 1. The van der Waals surface area contributed by atoms with Crippen molar-refractivity contribution < 1.29 is 9.66 Å². The highest BCUT2D eigenvalue weighted by atomic mass is 35.5. The molecule has 8 heteroatoms. The molecule has 0 amide bonds. The van der Waals surface area contributed by atoms with Gasteiger partial charge in [-0.15, -0.1) is 0 Å². The smallest absolute Gasteiger partial charge is 0.307 e. The van der Waals surface area contributed by atoms with E-state index in [0.29, 0.717) is 17.4 Å². The second kappa shape index (κ2) is 6.67. The normalized spacial score (nSPS) is 10.6. The van der Waals surface area contributed by atoms with Gasteiger partial charge in [0.2, 0.25) is 5.88 Å². The molecule has 122 valence electrons. The number of benzene rings is 1. The van der Waals surface area contributed by atoms with Gasteiger partial charge in [0.05, 0.1) is 18.6 Å². The number of hydrogen-bond acceptors (Lipinski definition) is 5. The van der Waals surface area contributed by atoms with Crippen molar-refractivity contribution in [2.75, 3.05) is 7.11 Å². The Hall–Kier alpha value is -2.93. The van der Waals surface area contributed by atoms with E-state index in [1.165, 1.54) is 17.1 Å². The number of ether oxygens (including phenoxy) is 1. The highest BCUT2D eigenvalue weighted by Crippen LogP contribution is 2.30. The zero-order chi connectivity index (χ0) is 17.1. The molecule has 0 unspecified atom stereocenters. The number of aromatic nitrogens is 3. The molecule has 7 nitrogen and oxygen atoms in total. The van der Waals surface area contributed by atoms with Gasteiger partial charge in [-0.3, -0.25) is 14.8 Å². The number of rotatable bonds is 5. The average Bonchev–Trinajstić information content (AvgIpc) is 3.03. The van der Waals surface area contributed by atoms with Gasteiger partial charge in [0, 0.05) is 16.8 Å². The van der Waals surface area contributed by atoms with Crippen LogP contribution in [0.5, 0.6) is 5.88 Å². The Kier molecular flexibility index (Phi) is 4.43. The Morgan fingerprint density at radius 1 is 1.33 bits per heavy atom. The van der Waals surface area contributed by atoms with Crippen LogP contribution in [0.1, 0.15) is 5.56 Å². The van der Waals surface area contributed by atoms with E-state index in [1.54, 1.807) is 19.4 Å². The number of nitro groups is 1. The SMILES string of the molecule is COc1ncc(Cn2cc([N+](=O)[O-])cn2)cc1-c1cccc(Cl)c1. The highest BCUT2D eigenvalue weighted by molar-refractivity contribution is 6.30. The van der Waals surface area contributed by atoms with E-state index in [0.717, 1.165) is 16.7 Å². The van der Waals surface area contributed by atoms with Crippen LogP contribution in [0.3, 0.4) is 0 Å². The highest BCUT2D eigenvalue weighted by Gasteiger charge is 2.12. The predicted molar refractivity (Wildman–Crippen MR) is 89.2 cm³/mol. The molecule has 0 saturated carbocycles. The van der Waals surface area contributed by atoms with Crippen molar-refractivity contribution in [2.45, 2.75) is 6.54 Å². The third kappa shape index (κ3) is 3.36. The number of pyridine rings is 1. The second-order valence-electron chi connectivity index (χ2n) is 5.06. The Morgan fingerprint density at radius 2 is 2.17 bits per heavy atom. The van der Waals surface area contributed by atoms with Crippen molar-refractivity contribution in [2.24, 2.45) is 0 Å². The van der Waals surface area contributed by atoms with Gasteiger partial charge >= 0.3 is 5.69 Å². The van der Waals surface area contributed by atoms with Crippen LogP contribution in [0.2, 0.25) is 5.02 Å². The molecule has 0 bridgehead atoms. The van der Waals surface area contributed by atoms with E-state index in [9.17, 15) is 10.1 Å². The van der Waals surface area contributed by atoms with Gasteiger partial charge in [-0.1, -0.05) is 23.7 Å². The minimum atomic E-state index is -0.479. The lowest BCUT2D eigenvalue weighted by Gasteiger charge is -2.10. The summed E-state index contributed by atoms with van der Waals surface area (Å²) in [4.78, 5) is 14.6. The lowest BCUT2D eigenvalue weighted by atomic mass is 10.1. The Bertz CT molecular complexity index is 895. The summed E-state index contributed by atoms with van der Waals surface area (Å²) < 4.78 is 6.80. The fraction of sp³-hybridized carbons (Fsp3) is 0.125. The van der Waals surface area contributed by atoms with Crippen LogP contribution in [0.15, 0.2) is 48.9 Å². The van der Waals surface area contributed by atoms with Crippen LogP contribution in [-0.4, -0.2) is 26.8 Å². The molecule has 1 aromatic carbocycles. The van der Waals surface area contributed by atoms with Gasteiger partial charge in [0.15, 0.2) is 0 Å². The van der Waals surface area contributed by atoms with E-state index in [1.807, 2.05) is 24.3 Å². The van der Waals surface area contributed by atoms with Crippen LogP contribution >= 0.6 is 11.6 Å². The summed E-state index contributed by atoms with van der Waals surface area (Å²) in [6.45, 7) is 0.360. The average molecular weight is 345 g/mol. The molecule has 0 spiro atoms. The Morgan fingerprint density at radius 3 is 2.83 bits per heavy atom. The standard InChI is InChI=1S/C16H13ClN4O3/c1-24-16-15(12-3-2-4-13(17)6-12)5-11(7-18-16)9-20-10-14(8-19-20)21(22)23/h2-8,10H,9H2,1H3. The summed E-state index contributed by atoms with van der Waals surface area (Å²) in [5.74, 6) is 0.479. The van der Waals surface area contributed by atoms with E-state index in [2.05, 4.69) is 10.1 Å². The summed E-state index contributed by atoms with van der Waals surface area (Å²) in [7, 11) is 1.55. The Labute approximate surface area is 142 Å². The zero-order valence-electron chi connectivity index (χ0n) is 12.7. The van der Waals surface area contributed by atoms with Gasteiger partial charge in [-0.05, 0) is 29.3 Å². The van der Waals surface area contributed by atoms with Gasteiger partial charge in [-0.2, -0.15) is 5.10 Å². The molecular weight excluding hydrogens is 332 g/mol. The summed E-state index contributed by atoms with van der Waals surface area (Å²) in [6.07, 6.45) is 4.25. The maximum absolute atomic E-state index is 10.7. The largest absolute Gasteiger partial charge is 0.481 e. The van der Waals surface area contributed by atoms with Crippen molar-refractivity contribution in [3.63, 3.8) is 0 Å². The molecule has 3 aromatic rings. The third-order valence-corrected chi connectivity index (χ3v) is 3.65. The minimum Gasteiger partial charge on any atom is -0.481 e. The molecular formula is C16H13ClN4O3. The lowest BCUT2D eigenvalue weighted by molar-refractivity contribution is -0.385. The quantitative estimate of drug-likeness (QED) is 0.522. The van der Waals surface area contributed by atoms with Crippen LogP contribution in [0.4, 0.5) is 5.69 Å². The maximum atomic E-state index is 10.7. The Balaban J connectivity index is 1.95. The van der Waals surface area contributed by atoms with Crippen LogP contribution < -0.4 is 4.74 Å².